The largest absolute Gasteiger partial charge is 0.481 e. The number of alkyl halides is 3. The Kier molecular flexibility index (Phi) is 4.52. The zero-order valence-corrected chi connectivity index (χ0v) is 10.0. The van der Waals surface area contributed by atoms with Crippen LogP contribution in [0.4, 0.5) is 8.78 Å². The van der Waals surface area contributed by atoms with Gasteiger partial charge in [0.05, 0.1) is 35.0 Å². The smallest absolute Gasteiger partial charge is 0.309 e. The molecule has 7 heteroatoms. The van der Waals surface area contributed by atoms with Gasteiger partial charge in [-0.1, -0.05) is 15.9 Å². The molecule has 0 spiro atoms. The van der Waals surface area contributed by atoms with Gasteiger partial charge in [0.1, 0.15) is 0 Å². The normalized spacial score (nSPS) is 10.3. The van der Waals surface area contributed by atoms with Crippen LogP contribution in [0.5, 0.6) is 0 Å². The van der Waals surface area contributed by atoms with Crippen LogP contribution in [0.3, 0.4) is 0 Å². The van der Waals surface area contributed by atoms with Gasteiger partial charge in [-0.15, -0.1) is 0 Å². The third-order valence-electron chi connectivity index (χ3n) is 1.99. The summed E-state index contributed by atoms with van der Waals surface area (Å²) in [5.74, 6) is -1.13. The van der Waals surface area contributed by atoms with Crippen LogP contribution in [0.1, 0.15) is 28.9 Å². The van der Waals surface area contributed by atoms with E-state index in [-0.39, 0.29) is 22.3 Å². The lowest BCUT2D eigenvalue weighted by molar-refractivity contribution is -0.136. The molecule has 0 radical (unpaired) electrons. The van der Waals surface area contributed by atoms with Crippen molar-refractivity contribution in [2.45, 2.75) is 18.2 Å². The van der Waals surface area contributed by atoms with E-state index >= 15 is 0 Å². The molecule has 0 atom stereocenters. The van der Waals surface area contributed by atoms with Crippen LogP contribution in [0.2, 0.25) is 0 Å². The van der Waals surface area contributed by atoms with Crippen LogP contribution < -0.4 is 0 Å². The maximum absolute atomic E-state index is 12.7. The van der Waals surface area contributed by atoms with Crippen molar-refractivity contribution in [2.75, 3.05) is 0 Å². The molecule has 4 nitrogen and oxygen atoms in total. The average molecular weight is 305 g/mol. The number of nitrogens with zero attached hydrogens (tertiary/aromatic N) is 2. The summed E-state index contributed by atoms with van der Waals surface area (Å²) in [5, 5.41) is 17.4. The van der Waals surface area contributed by atoms with Crippen LogP contribution in [0.25, 0.3) is 0 Å². The Hall–Kier alpha value is -1.55. The number of carboxylic acid groups (broad SMARTS) is 1. The van der Waals surface area contributed by atoms with Gasteiger partial charge < -0.3 is 5.11 Å². The molecule has 1 aromatic rings. The SMILES string of the molecule is N#Cc1cc(CC(=O)O)nc(CBr)c1C(F)F. The Morgan fingerprint density at radius 2 is 2.29 bits per heavy atom. The topological polar surface area (TPSA) is 74.0 Å². The van der Waals surface area contributed by atoms with Crippen molar-refractivity contribution in [3.8, 4) is 6.07 Å². The Morgan fingerprint density at radius 1 is 1.65 bits per heavy atom. The second-order valence-electron chi connectivity index (χ2n) is 3.14. The van der Waals surface area contributed by atoms with Crippen molar-refractivity contribution in [2.24, 2.45) is 0 Å². The molecule has 1 heterocycles. The van der Waals surface area contributed by atoms with Crippen LogP contribution in [0, 0.1) is 11.3 Å². The molecular weight excluding hydrogens is 298 g/mol. The first kappa shape index (κ1) is 13.5. The number of hydrogen-bond acceptors (Lipinski definition) is 3. The molecule has 0 aliphatic heterocycles. The first-order valence-electron chi connectivity index (χ1n) is 4.48. The minimum absolute atomic E-state index is 0.00435. The van der Waals surface area contributed by atoms with E-state index in [1.165, 1.54) is 0 Å². The Labute approximate surface area is 104 Å². The standard InChI is InChI=1S/C10H7BrF2N2O2/c11-3-7-9(10(12)13)5(4-14)1-6(15-7)2-8(16)17/h1,10H,2-3H2,(H,16,17). The summed E-state index contributed by atoms with van der Waals surface area (Å²) >= 11 is 2.99. The van der Waals surface area contributed by atoms with Crippen LogP contribution in [-0.2, 0) is 16.5 Å². The maximum Gasteiger partial charge on any atom is 0.309 e. The second-order valence-corrected chi connectivity index (χ2v) is 3.70. The van der Waals surface area contributed by atoms with Crippen molar-refractivity contribution in [1.29, 1.82) is 5.26 Å². The summed E-state index contributed by atoms with van der Waals surface area (Å²) in [6.45, 7) is 0. The summed E-state index contributed by atoms with van der Waals surface area (Å²) in [7, 11) is 0. The lowest BCUT2D eigenvalue weighted by Crippen LogP contribution is -2.08. The molecular formula is C10H7BrF2N2O2. The summed E-state index contributed by atoms with van der Waals surface area (Å²) in [5.41, 5.74) is -0.595. The zero-order chi connectivity index (χ0) is 13.0. The quantitative estimate of drug-likeness (QED) is 0.867. The van der Waals surface area contributed by atoms with Crippen molar-refractivity contribution in [3.05, 3.63) is 28.6 Å². The maximum atomic E-state index is 12.7. The van der Waals surface area contributed by atoms with E-state index in [9.17, 15) is 13.6 Å². The molecule has 0 amide bonds. The van der Waals surface area contributed by atoms with Gasteiger partial charge in [0, 0.05) is 5.33 Å². The van der Waals surface area contributed by atoms with E-state index in [4.69, 9.17) is 10.4 Å². The van der Waals surface area contributed by atoms with Gasteiger partial charge in [-0.05, 0) is 6.07 Å². The monoisotopic (exact) mass is 304 g/mol. The summed E-state index contributed by atoms with van der Waals surface area (Å²) in [6.07, 6.45) is -3.22. The molecule has 1 aromatic heterocycles. The number of rotatable bonds is 4. The number of carbonyl (C=O) groups is 1. The zero-order valence-electron chi connectivity index (χ0n) is 8.45. The first-order valence-corrected chi connectivity index (χ1v) is 5.60. The Bertz CT molecular complexity index is 486. The number of nitriles is 1. The predicted octanol–water partition coefficient (Wildman–Crippen LogP) is 2.41. The van der Waals surface area contributed by atoms with Gasteiger partial charge in [-0.2, -0.15) is 5.26 Å². The third kappa shape index (κ3) is 3.20. The van der Waals surface area contributed by atoms with Crippen molar-refractivity contribution in [3.63, 3.8) is 0 Å². The van der Waals surface area contributed by atoms with Crippen molar-refractivity contribution >= 4 is 21.9 Å². The fourth-order valence-electron chi connectivity index (χ4n) is 1.35. The molecule has 1 rings (SSSR count). The predicted molar refractivity (Wildman–Crippen MR) is 57.9 cm³/mol. The summed E-state index contributed by atoms with van der Waals surface area (Å²) < 4.78 is 25.5. The number of carboxylic acids is 1. The minimum atomic E-state index is -2.82. The molecule has 0 aliphatic carbocycles. The molecule has 0 unspecified atom stereocenters. The van der Waals surface area contributed by atoms with Gasteiger partial charge in [0.2, 0.25) is 0 Å². The van der Waals surface area contributed by atoms with Crippen LogP contribution >= 0.6 is 15.9 Å². The van der Waals surface area contributed by atoms with Gasteiger partial charge in [0.25, 0.3) is 6.43 Å². The Balaban J connectivity index is 3.35. The molecule has 17 heavy (non-hydrogen) atoms. The fourth-order valence-corrected chi connectivity index (χ4v) is 1.78. The highest BCUT2D eigenvalue weighted by atomic mass is 79.9. The highest BCUT2D eigenvalue weighted by Crippen LogP contribution is 2.27. The van der Waals surface area contributed by atoms with Crippen molar-refractivity contribution < 1.29 is 18.7 Å². The number of pyridine rings is 1. The Morgan fingerprint density at radius 3 is 2.71 bits per heavy atom. The summed E-state index contributed by atoms with van der Waals surface area (Å²) in [6, 6.07) is 2.72. The van der Waals surface area contributed by atoms with Crippen LogP contribution in [0.15, 0.2) is 6.07 Å². The summed E-state index contributed by atoms with van der Waals surface area (Å²) in [4.78, 5) is 14.3. The van der Waals surface area contributed by atoms with E-state index in [0.717, 1.165) is 6.07 Å². The minimum Gasteiger partial charge on any atom is -0.481 e. The van der Waals surface area contributed by atoms with Crippen LogP contribution in [-0.4, -0.2) is 16.1 Å². The highest BCUT2D eigenvalue weighted by molar-refractivity contribution is 9.08. The number of halogens is 3. The molecule has 1 N–H and O–H groups in total. The molecule has 0 fully saturated rings. The van der Waals surface area contributed by atoms with E-state index in [1.54, 1.807) is 6.07 Å². The van der Waals surface area contributed by atoms with Crippen molar-refractivity contribution in [1.82, 2.24) is 4.98 Å². The molecule has 0 aliphatic rings. The molecule has 0 aromatic carbocycles. The number of hydrogen-bond donors (Lipinski definition) is 1. The molecule has 90 valence electrons. The number of aromatic nitrogens is 1. The lowest BCUT2D eigenvalue weighted by atomic mass is 10.1. The number of aliphatic carboxylic acids is 1. The van der Waals surface area contributed by atoms with Gasteiger partial charge >= 0.3 is 5.97 Å². The average Bonchev–Trinajstić information content (AvgIpc) is 2.26. The first-order chi connectivity index (χ1) is 7.99. The third-order valence-corrected chi connectivity index (χ3v) is 2.52. The second kappa shape index (κ2) is 5.68. The fraction of sp³-hybridized carbons (Fsp3) is 0.300. The lowest BCUT2D eigenvalue weighted by Gasteiger charge is -2.09. The molecule has 0 saturated heterocycles. The van der Waals surface area contributed by atoms with Gasteiger partial charge in [-0.25, -0.2) is 8.78 Å². The van der Waals surface area contributed by atoms with Gasteiger partial charge in [-0.3, -0.25) is 9.78 Å². The van der Waals surface area contributed by atoms with Gasteiger partial charge in [0.15, 0.2) is 0 Å². The molecule has 0 saturated carbocycles. The van der Waals surface area contributed by atoms with E-state index in [2.05, 4.69) is 20.9 Å². The van der Waals surface area contributed by atoms with E-state index in [0.29, 0.717) is 0 Å². The van der Waals surface area contributed by atoms with E-state index < -0.39 is 24.4 Å². The molecule has 0 bridgehead atoms. The van der Waals surface area contributed by atoms with E-state index in [1.807, 2.05) is 0 Å². The highest BCUT2D eigenvalue weighted by Gasteiger charge is 2.20.